The third-order valence-electron chi connectivity index (χ3n) is 12.8. The minimum Gasteiger partial charge on any atom is -0.308 e. The molecule has 9 aromatic carbocycles. The average Bonchev–Trinajstić information content (AvgIpc) is 3.66. The fraction of sp³-hybridized carbons (Fsp3) is 0.0169. The number of fused-ring (bicyclic) bond motifs is 9. The fourth-order valence-corrected chi connectivity index (χ4v) is 9.94. The van der Waals surface area contributed by atoms with Crippen LogP contribution in [0.2, 0.25) is 0 Å². The highest BCUT2D eigenvalue weighted by molar-refractivity contribution is 5.98. The van der Waals surface area contributed by atoms with Gasteiger partial charge in [-0.3, -0.25) is 0 Å². The van der Waals surface area contributed by atoms with E-state index < -0.39 is 5.41 Å². The summed E-state index contributed by atoms with van der Waals surface area (Å²) in [5, 5.41) is 11.1. The Labute approximate surface area is 371 Å². The van der Waals surface area contributed by atoms with Gasteiger partial charge >= 0.3 is 0 Å². The lowest BCUT2D eigenvalue weighted by molar-refractivity contribution is 0.752. The lowest BCUT2D eigenvalue weighted by atomic mass is 9.64. The molecule has 64 heavy (non-hydrogen) atoms. The minimum atomic E-state index is -0.641. The van der Waals surface area contributed by atoms with Crippen LogP contribution in [0.4, 0.5) is 17.1 Å². The normalized spacial score (nSPS) is 12.8. The highest BCUT2D eigenvalue weighted by atomic mass is 15.2. The Morgan fingerprint density at radius 1 is 0.328 bits per heavy atom. The molecule has 298 valence electrons. The van der Waals surface area contributed by atoms with Gasteiger partial charge < -0.3 is 4.90 Å². The minimum absolute atomic E-state index is 0.498. The first-order valence-electron chi connectivity index (χ1n) is 21.5. The molecule has 0 radical (unpaired) electrons. The van der Waals surface area contributed by atoms with Crippen LogP contribution < -0.4 is 4.90 Å². The summed E-state index contributed by atoms with van der Waals surface area (Å²) in [6, 6.07) is 81.1. The number of hydrogen-bond acceptors (Lipinski definition) is 5. The molecule has 5 heteroatoms. The van der Waals surface area contributed by atoms with E-state index >= 15 is 0 Å². The first-order chi connectivity index (χ1) is 31.7. The third kappa shape index (κ3) is 5.81. The molecule has 0 bridgehead atoms. The predicted molar refractivity (Wildman–Crippen MR) is 257 cm³/mol. The molecule has 0 atom stereocenters. The van der Waals surface area contributed by atoms with Gasteiger partial charge in [-0.2, -0.15) is 5.26 Å². The number of aromatic nitrogens is 3. The molecule has 1 aromatic heterocycles. The van der Waals surface area contributed by atoms with Gasteiger partial charge in [-0.1, -0.05) is 182 Å². The van der Waals surface area contributed by atoms with Gasteiger partial charge in [0.25, 0.3) is 0 Å². The van der Waals surface area contributed by atoms with Crippen LogP contribution in [0.15, 0.2) is 224 Å². The average molecular weight is 816 g/mol. The van der Waals surface area contributed by atoms with Gasteiger partial charge in [-0.05, 0) is 98.1 Å². The molecule has 1 aliphatic carbocycles. The van der Waals surface area contributed by atoms with Crippen molar-refractivity contribution in [3.05, 3.63) is 252 Å². The lowest BCUT2D eigenvalue weighted by Gasteiger charge is -2.45. The number of para-hydroxylation sites is 2. The van der Waals surface area contributed by atoms with E-state index in [2.05, 4.69) is 157 Å². The van der Waals surface area contributed by atoms with Gasteiger partial charge in [0.15, 0.2) is 17.5 Å². The van der Waals surface area contributed by atoms with Crippen molar-refractivity contribution >= 4 is 17.1 Å². The molecule has 0 unspecified atom stereocenters. The van der Waals surface area contributed by atoms with Crippen molar-refractivity contribution in [3.8, 4) is 73.6 Å². The van der Waals surface area contributed by atoms with Crippen molar-refractivity contribution < 1.29 is 0 Å². The van der Waals surface area contributed by atoms with Gasteiger partial charge in [-0.15, -0.1) is 0 Å². The van der Waals surface area contributed by atoms with Crippen LogP contribution in [-0.4, -0.2) is 15.0 Å². The molecule has 0 N–H and O–H groups in total. The summed E-state index contributed by atoms with van der Waals surface area (Å²) in [5.41, 5.74) is 17.1. The SMILES string of the molecule is N#Cc1cc(-c2nc(-c3ccccc3)nc(-c3ccccc3)n2)ccc1N1c2ccccc2C2(c3ccc(-c4ccccc4)cc3-c3cc(-c4ccccc4)ccc32)c2ccccc21. The second-order valence-electron chi connectivity index (χ2n) is 16.3. The summed E-state index contributed by atoms with van der Waals surface area (Å²) in [7, 11) is 0. The topological polar surface area (TPSA) is 65.7 Å². The van der Waals surface area contributed by atoms with Crippen molar-refractivity contribution in [2.45, 2.75) is 5.41 Å². The van der Waals surface area contributed by atoms with E-state index in [4.69, 9.17) is 15.0 Å². The van der Waals surface area contributed by atoms with Crippen molar-refractivity contribution in [2.24, 2.45) is 0 Å². The van der Waals surface area contributed by atoms with Gasteiger partial charge in [0.2, 0.25) is 0 Å². The zero-order valence-corrected chi connectivity index (χ0v) is 34.6. The summed E-state index contributed by atoms with van der Waals surface area (Å²) in [4.78, 5) is 17.1. The molecule has 12 rings (SSSR count). The van der Waals surface area contributed by atoms with Crippen molar-refractivity contribution in [1.29, 1.82) is 5.26 Å². The molecule has 0 saturated carbocycles. The molecule has 2 aliphatic rings. The number of nitriles is 1. The predicted octanol–water partition coefficient (Wildman–Crippen LogP) is 14.2. The number of nitrogens with zero attached hydrogens (tertiary/aromatic N) is 5. The van der Waals surface area contributed by atoms with E-state index in [1.807, 2.05) is 78.9 Å². The Bertz CT molecular complexity index is 3250. The molecule has 0 fully saturated rings. The Hall–Kier alpha value is -8.72. The Morgan fingerprint density at radius 2 is 0.719 bits per heavy atom. The maximum Gasteiger partial charge on any atom is 0.164 e. The number of rotatable bonds is 6. The first kappa shape index (κ1) is 37.1. The lowest BCUT2D eigenvalue weighted by Crippen LogP contribution is -2.36. The van der Waals surface area contributed by atoms with Crippen LogP contribution >= 0.6 is 0 Å². The zero-order chi connectivity index (χ0) is 42.6. The van der Waals surface area contributed by atoms with E-state index in [0.29, 0.717) is 23.0 Å². The van der Waals surface area contributed by atoms with Gasteiger partial charge in [0, 0.05) is 16.7 Å². The van der Waals surface area contributed by atoms with E-state index in [-0.39, 0.29) is 0 Å². The molecule has 0 saturated heterocycles. The monoisotopic (exact) mass is 815 g/mol. The highest BCUT2D eigenvalue weighted by Crippen LogP contribution is 2.64. The summed E-state index contributed by atoms with van der Waals surface area (Å²) < 4.78 is 0. The van der Waals surface area contributed by atoms with Crippen LogP contribution in [0.25, 0.3) is 67.5 Å². The van der Waals surface area contributed by atoms with Crippen LogP contribution in [0.5, 0.6) is 0 Å². The van der Waals surface area contributed by atoms with E-state index in [1.165, 1.54) is 44.5 Å². The summed E-state index contributed by atoms with van der Waals surface area (Å²) in [6.07, 6.45) is 0. The molecule has 1 spiro atoms. The molecule has 10 aromatic rings. The first-order valence-corrected chi connectivity index (χ1v) is 21.5. The van der Waals surface area contributed by atoms with Gasteiger partial charge in [-0.25, -0.2) is 15.0 Å². The molecular weight excluding hydrogens is 779 g/mol. The van der Waals surface area contributed by atoms with Crippen LogP contribution in [-0.2, 0) is 5.41 Å². The van der Waals surface area contributed by atoms with E-state index in [9.17, 15) is 5.26 Å². The Balaban J connectivity index is 1.05. The fourth-order valence-electron chi connectivity index (χ4n) is 9.94. The van der Waals surface area contributed by atoms with Crippen molar-refractivity contribution in [3.63, 3.8) is 0 Å². The molecule has 1 aliphatic heterocycles. The van der Waals surface area contributed by atoms with Crippen LogP contribution in [0.1, 0.15) is 27.8 Å². The largest absolute Gasteiger partial charge is 0.308 e. The Kier molecular flexibility index (Phi) is 8.70. The summed E-state index contributed by atoms with van der Waals surface area (Å²) >= 11 is 0. The number of benzene rings is 9. The quantitative estimate of drug-likeness (QED) is 0.167. The molecule has 5 nitrogen and oxygen atoms in total. The summed E-state index contributed by atoms with van der Waals surface area (Å²) in [6.45, 7) is 0. The maximum absolute atomic E-state index is 11.1. The second kappa shape index (κ2) is 15.0. The molecule has 2 heterocycles. The second-order valence-corrected chi connectivity index (χ2v) is 16.3. The van der Waals surface area contributed by atoms with Crippen LogP contribution in [0.3, 0.4) is 0 Å². The Morgan fingerprint density at radius 3 is 1.17 bits per heavy atom. The standard InChI is InChI=1S/C59H37N5/c60-38-46-35-45(58-62-56(41-21-9-3-10-22-41)61-57(63-58)42-23-11-4-12-24-42)31-34-53(46)64-54-27-15-13-25-51(54)59(52-26-14-16-28-55(52)64)49-32-29-43(39-17-5-1-6-18-39)36-47(49)48-37-44(30-33-50(48)59)40-19-7-2-8-20-40/h1-37H. The van der Waals surface area contributed by atoms with Gasteiger partial charge in [0.05, 0.1) is 28.0 Å². The molecule has 0 amide bonds. The van der Waals surface area contributed by atoms with Crippen LogP contribution in [0, 0.1) is 11.3 Å². The van der Waals surface area contributed by atoms with Gasteiger partial charge in [0.1, 0.15) is 6.07 Å². The van der Waals surface area contributed by atoms with E-state index in [0.717, 1.165) is 44.9 Å². The highest BCUT2D eigenvalue weighted by Gasteiger charge is 2.52. The number of hydrogen-bond donors (Lipinski definition) is 0. The zero-order valence-electron chi connectivity index (χ0n) is 34.6. The van der Waals surface area contributed by atoms with E-state index in [1.54, 1.807) is 0 Å². The number of anilines is 3. The van der Waals surface area contributed by atoms with Crippen molar-refractivity contribution in [2.75, 3.05) is 4.90 Å². The third-order valence-corrected chi connectivity index (χ3v) is 12.8. The summed E-state index contributed by atoms with van der Waals surface area (Å²) in [5.74, 6) is 1.64. The maximum atomic E-state index is 11.1. The molecular formula is C59H37N5. The smallest absolute Gasteiger partial charge is 0.164 e. The van der Waals surface area contributed by atoms with Crippen molar-refractivity contribution in [1.82, 2.24) is 15.0 Å².